The Labute approximate surface area is 179 Å². The molecular formula is C23H22N2O6. The molecule has 0 saturated carbocycles. The third-order valence-electron chi connectivity index (χ3n) is 3.96. The molecule has 8 nitrogen and oxygen atoms in total. The van der Waals surface area contributed by atoms with Crippen molar-refractivity contribution >= 4 is 11.9 Å². The van der Waals surface area contributed by atoms with E-state index in [1.54, 1.807) is 24.3 Å². The van der Waals surface area contributed by atoms with Crippen LogP contribution in [0.25, 0.3) is 0 Å². The summed E-state index contributed by atoms with van der Waals surface area (Å²) in [7, 11) is 0. The largest absolute Gasteiger partial charge is 0.508 e. The van der Waals surface area contributed by atoms with Gasteiger partial charge in [-0.3, -0.25) is 0 Å². The molecule has 0 atom stereocenters. The number of hydrogen-bond donors (Lipinski definition) is 4. The third kappa shape index (κ3) is 8.99. The Kier molecular flexibility index (Phi) is 10.3. The predicted molar refractivity (Wildman–Crippen MR) is 113 cm³/mol. The van der Waals surface area contributed by atoms with Gasteiger partial charge in [0.25, 0.3) is 0 Å². The van der Waals surface area contributed by atoms with E-state index in [1.165, 1.54) is 12.1 Å². The van der Waals surface area contributed by atoms with E-state index in [2.05, 4.69) is 27.0 Å². The van der Waals surface area contributed by atoms with Gasteiger partial charge in [-0.2, -0.15) is 10.5 Å². The molecule has 160 valence electrons. The summed E-state index contributed by atoms with van der Waals surface area (Å²) in [6.45, 7) is 10.1. The Bertz CT molecular complexity index is 940. The highest BCUT2D eigenvalue weighted by atomic mass is 16.4. The zero-order chi connectivity index (χ0) is 24.2. The Morgan fingerprint density at radius 3 is 1.16 bits per heavy atom. The van der Waals surface area contributed by atoms with E-state index in [1.807, 2.05) is 24.3 Å². The Morgan fingerprint density at radius 1 is 0.742 bits per heavy atom. The quantitative estimate of drug-likeness (QED) is 0.428. The zero-order valence-corrected chi connectivity index (χ0v) is 17.0. The second kappa shape index (κ2) is 12.1. The summed E-state index contributed by atoms with van der Waals surface area (Å²) >= 11 is 0. The fourth-order valence-electron chi connectivity index (χ4n) is 2.02. The van der Waals surface area contributed by atoms with Crippen LogP contribution in [0.3, 0.4) is 0 Å². The first-order valence-corrected chi connectivity index (χ1v) is 8.60. The molecule has 0 radical (unpaired) electrons. The van der Waals surface area contributed by atoms with Gasteiger partial charge in [0, 0.05) is 5.41 Å². The number of carboxylic acids is 2. The second-order valence-corrected chi connectivity index (χ2v) is 6.51. The minimum atomic E-state index is -1.26. The molecule has 0 bridgehead atoms. The molecule has 2 aromatic carbocycles. The number of aliphatic carboxylic acids is 2. The van der Waals surface area contributed by atoms with E-state index >= 15 is 0 Å². The molecule has 8 heteroatoms. The number of nitrogens with zero attached hydrogens (tertiary/aromatic N) is 2. The first-order chi connectivity index (χ1) is 14.4. The van der Waals surface area contributed by atoms with Crippen LogP contribution in [0.5, 0.6) is 11.5 Å². The summed E-state index contributed by atoms with van der Waals surface area (Å²) in [5.41, 5.74) is 1.24. The Morgan fingerprint density at radius 2 is 1.00 bits per heavy atom. The molecular weight excluding hydrogens is 400 g/mol. The fraction of sp³-hybridized carbons (Fsp3) is 0.130. The van der Waals surface area contributed by atoms with E-state index < -0.39 is 23.1 Å². The minimum absolute atomic E-state index is 0.151. The van der Waals surface area contributed by atoms with Gasteiger partial charge < -0.3 is 20.4 Å². The van der Waals surface area contributed by atoms with Crippen molar-refractivity contribution < 1.29 is 30.0 Å². The van der Waals surface area contributed by atoms with Crippen LogP contribution in [0.15, 0.2) is 72.8 Å². The summed E-state index contributed by atoms with van der Waals surface area (Å²) in [4.78, 5) is 19.2. The number of hydrogen-bond acceptors (Lipinski definition) is 6. The Hall–Kier alpha value is -4.56. The van der Waals surface area contributed by atoms with Crippen molar-refractivity contribution in [2.75, 3.05) is 0 Å². The number of carbonyl (C=O) groups is 2. The maximum atomic E-state index is 9.61. The van der Waals surface area contributed by atoms with Gasteiger partial charge in [0.1, 0.15) is 34.8 Å². The van der Waals surface area contributed by atoms with Crippen molar-refractivity contribution in [3.05, 3.63) is 84.0 Å². The van der Waals surface area contributed by atoms with E-state index in [4.69, 9.17) is 20.7 Å². The third-order valence-corrected chi connectivity index (χ3v) is 3.96. The molecule has 0 aliphatic rings. The standard InChI is InChI=1S/C15H16O2.2C4H3NO2/c1-15(2,11-3-7-13(16)8-4-11)12-5-9-14(17)10-6-12;2*1-3(2-5)4(6)7/h3-10,16-17H,1-2H3;2*1H2,(H,6,7). The van der Waals surface area contributed by atoms with Crippen molar-refractivity contribution in [3.63, 3.8) is 0 Å². The summed E-state index contributed by atoms with van der Waals surface area (Å²) in [6, 6.07) is 17.2. The number of nitriles is 2. The maximum Gasteiger partial charge on any atom is 0.345 e. The minimum Gasteiger partial charge on any atom is -0.508 e. The summed E-state index contributed by atoms with van der Waals surface area (Å²) in [6.07, 6.45) is 0. The van der Waals surface area contributed by atoms with Crippen LogP contribution in [-0.2, 0) is 15.0 Å². The van der Waals surface area contributed by atoms with Crippen LogP contribution >= 0.6 is 0 Å². The second-order valence-electron chi connectivity index (χ2n) is 6.51. The van der Waals surface area contributed by atoms with Crippen LogP contribution in [0.4, 0.5) is 0 Å². The van der Waals surface area contributed by atoms with Crippen molar-refractivity contribution in [2.45, 2.75) is 19.3 Å². The number of aromatic hydroxyl groups is 2. The molecule has 0 aromatic heterocycles. The van der Waals surface area contributed by atoms with Crippen molar-refractivity contribution in [2.24, 2.45) is 0 Å². The molecule has 0 heterocycles. The van der Waals surface area contributed by atoms with Crippen LogP contribution in [-0.4, -0.2) is 32.4 Å². The lowest BCUT2D eigenvalue weighted by molar-refractivity contribution is -0.133. The normalized spacial score (nSPS) is 9.29. The van der Waals surface area contributed by atoms with Crippen LogP contribution in [0.1, 0.15) is 25.0 Å². The van der Waals surface area contributed by atoms with Gasteiger partial charge in [-0.05, 0) is 35.4 Å². The van der Waals surface area contributed by atoms with Crippen LogP contribution in [0, 0.1) is 22.7 Å². The lowest BCUT2D eigenvalue weighted by Gasteiger charge is -2.26. The number of rotatable bonds is 4. The highest BCUT2D eigenvalue weighted by Crippen LogP contribution is 2.32. The first kappa shape index (κ1) is 26.4. The molecule has 2 aromatic rings. The van der Waals surface area contributed by atoms with E-state index in [0.717, 1.165) is 11.1 Å². The van der Waals surface area contributed by atoms with Gasteiger partial charge in [-0.15, -0.1) is 0 Å². The number of carboxylic acid groups (broad SMARTS) is 2. The SMILES string of the molecule is C=C(C#N)C(=O)O.C=C(C#N)C(=O)O.CC(C)(c1ccc(O)cc1)c1ccc(O)cc1. The van der Waals surface area contributed by atoms with Crippen molar-refractivity contribution in [1.82, 2.24) is 0 Å². The number of phenols is 2. The molecule has 0 aliphatic carbocycles. The average molecular weight is 422 g/mol. The van der Waals surface area contributed by atoms with Crippen LogP contribution in [0.2, 0.25) is 0 Å². The number of benzene rings is 2. The molecule has 0 spiro atoms. The average Bonchev–Trinajstić information content (AvgIpc) is 2.73. The molecule has 0 saturated heterocycles. The Balaban J connectivity index is 0.000000536. The van der Waals surface area contributed by atoms with Crippen LogP contribution < -0.4 is 0 Å². The molecule has 0 amide bonds. The highest BCUT2D eigenvalue weighted by Gasteiger charge is 2.22. The monoisotopic (exact) mass is 422 g/mol. The summed E-state index contributed by atoms with van der Waals surface area (Å²) in [5, 5.41) is 49.9. The van der Waals surface area contributed by atoms with Gasteiger partial charge in [-0.1, -0.05) is 51.3 Å². The van der Waals surface area contributed by atoms with Gasteiger partial charge in [0.2, 0.25) is 0 Å². The van der Waals surface area contributed by atoms with Gasteiger partial charge in [0.05, 0.1) is 0 Å². The summed E-state index contributed by atoms with van der Waals surface area (Å²) in [5.74, 6) is -1.98. The van der Waals surface area contributed by atoms with Gasteiger partial charge >= 0.3 is 11.9 Å². The highest BCUT2D eigenvalue weighted by molar-refractivity contribution is 5.90. The fourth-order valence-corrected chi connectivity index (χ4v) is 2.02. The summed E-state index contributed by atoms with van der Waals surface area (Å²) < 4.78 is 0. The lowest BCUT2D eigenvalue weighted by Crippen LogP contribution is -2.18. The molecule has 31 heavy (non-hydrogen) atoms. The molecule has 4 N–H and O–H groups in total. The zero-order valence-electron chi connectivity index (χ0n) is 17.0. The number of phenolic OH excluding ortho intramolecular Hbond substituents is 2. The maximum absolute atomic E-state index is 9.61. The molecule has 0 aliphatic heterocycles. The van der Waals surface area contributed by atoms with E-state index in [9.17, 15) is 19.8 Å². The topological polar surface area (TPSA) is 163 Å². The molecule has 0 unspecified atom stereocenters. The lowest BCUT2D eigenvalue weighted by atomic mass is 9.78. The first-order valence-electron chi connectivity index (χ1n) is 8.60. The molecule has 2 rings (SSSR count). The van der Waals surface area contributed by atoms with E-state index in [0.29, 0.717) is 0 Å². The van der Waals surface area contributed by atoms with E-state index in [-0.39, 0.29) is 16.9 Å². The predicted octanol–water partition coefficient (Wildman–Crippen LogP) is 3.73. The smallest absolute Gasteiger partial charge is 0.345 e. The van der Waals surface area contributed by atoms with Crippen molar-refractivity contribution in [3.8, 4) is 23.6 Å². The molecule has 0 fully saturated rings. The van der Waals surface area contributed by atoms with Crippen molar-refractivity contribution in [1.29, 1.82) is 10.5 Å². The van der Waals surface area contributed by atoms with Gasteiger partial charge in [-0.25, -0.2) is 9.59 Å². The van der Waals surface area contributed by atoms with Gasteiger partial charge in [0.15, 0.2) is 0 Å².